The average molecular weight is 210 g/mol. The van der Waals surface area contributed by atoms with Gasteiger partial charge in [0.15, 0.2) is 11.6 Å². The number of methoxy groups -OCH3 is 1. The Morgan fingerprint density at radius 2 is 2.00 bits per heavy atom. The first-order valence-electron chi connectivity index (χ1n) is 4.11. The molecule has 0 saturated carbocycles. The number of ether oxygens (including phenoxy) is 1. The quantitative estimate of drug-likeness (QED) is 0.482. The van der Waals surface area contributed by atoms with Crippen LogP contribution in [-0.4, -0.2) is 13.1 Å². The zero-order valence-corrected chi connectivity index (χ0v) is 8.23. The lowest BCUT2D eigenvalue weighted by atomic mass is 10.1. The highest BCUT2D eigenvalue weighted by Gasteiger charge is 2.08. The Labute approximate surface area is 85.9 Å². The molecule has 0 saturated heterocycles. The Balaban J connectivity index is 3.10. The summed E-state index contributed by atoms with van der Waals surface area (Å²) in [4.78, 5) is 10.6. The van der Waals surface area contributed by atoms with Gasteiger partial charge in [-0.1, -0.05) is 12.0 Å². The van der Waals surface area contributed by atoms with Crippen molar-refractivity contribution in [1.29, 1.82) is 0 Å². The van der Waals surface area contributed by atoms with Crippen molar-refractivity contribution in [3.63, 3.8) is 0 Å². The van der Waals surface area contributed by atoms with E-state index in [9.17, 15) is 13.6 Å². The van der Waals surface area contributed by atoms with Crippen LogP contribution in [0, 0.1) is 30.4 Å². The normalized spacial score (nSPS) is 9.07. The van der Waals surface area contributed by atoms with Crippen LogP contribution < -0.4 is 0 Å². The van der Waals surface area contributed by atoms with Crippen molar-refractivity contribution in [3.8, 4) is 11.8 Å². The Morgan fingerprint density at radius 3 is 2.60 bits per heavy atom. The van der Waals surface area contributed by atoms with Crippen LogP contribution in [0.15, 0.2) is 12.1 Å². The van der Waals surface area contributed by atoms with E-state index in [-0.39, 0.29) is 11.1 Å². The van der Waals surface area contributed by atoms with E-state index in [2.05, 4.69) is 10.7 Å². The van der Waals surface area contributed by atoms with Crippen molar-refractivity contribution in [2.24, 2.45) is 0 Å². The fourth-order valence-corrected chi connectivity index (χ4v) is 0.912. The van der Waals surface area contributed by atoms with E-state index in [1.807, 2.05) is 5.92 Å². The van der Waals surface area contributed by atoms with Gasteiger partial charge in [0.25, 0.3) is 0 Å². The molecule has 0 aromatic heterocycles. The van der Waals surface area contributed by atoms with Gasteiger partial charge in [-0.25, -0.2) is 13.6 Å². The molecule has 0 atom stereocenters. The van der Waals surface area contributed by atoms with Gasteiger partial charge in [0.05, 0.1) is 12.7 Å². The molecule has 0 unspecified atom stereocenters. The molecule has 0 amide bonds. The molecule has 4 heteroatoms. The lowest BCUT2D eigenvalue weighted by Gasteiger charge is -1.99. The van der Waals surface area contributed by atoms with E-state index in [1.54, 1.807) is 0 Å². The largest absolute Gasteiger partial charge is 0.459 e. The minimum atomic E-state index is -1.05. The highest BCUT2D eigenvalue weighted by atomic mass is 19.2. The Bertz CT molecular complexity index is 456. The van der Waals surface area contributed by atoms with Crippen molar-refractivity contribution >= 4 is 5.97 Å². The van der Waals surface area contributed by atoms with Gasteiger partial charge in [-0.2, -0.15) is 0 Å². The summed E-state index contributed by atoms with van der Waals surface area (Å²) in [5.74, 6) is 1.41. The Morgan fingerprint density at radius 1 is 1.33 bits per heavy atom. The van der Waals surface area contributed by atoms with Gasteiger partial charge in [0.1, 0.15) is 0 Å². The van der Waals surface area contributed by atoms with Gasteiger partial charge in [-0.15, -0.1) is 0 Å². The third kappa shape index (κ3) is 2.53. The number of hydrogen-bond donors (Lipinski definition) is 0. The number of esters is 1. The van der Waals surface area contributed by atoms with Crippen molar-refractivity contribution in [1.82, 2.24) is 0 Å². The van der Waals surface area contributed by atoms with E-state index in [0.717, 1.165) is 7.11 Å². The standard InChI is InChI=1S/C11H8F2O2/c1-7-3-4-8(11(13)10(7)12)5-6-9(14)15-2/h3-4H,1-2H3. The molecule has 0 N–H and O–H groups in total. The van der Waals surface area contributed by atoms with E-state index in [1.165, 1.54) is 19.1 Å². The van der Waals surface area contributed by atoms with Crippen molar-refractivity contribution in [2.45, 2.75) is 6.92 Å². The van der Waals surface area contributed by atoms with E-state index in [4.69, 9.17) is 0 Å². The second kappa shape index (κ2) is 4.56. The molecular formula is C11H8F2O2. The smallest absolute Gasteiger partial charge is 0.384 e. The van der Waals surface area contributed by atoms with Crippen LogP contribution in [0.3, 0.4) is 0 Å². The molecule has 0 heterocycles. The second-order valence-corrected chi connectivity index (χ2v) is 2.80. The van der Waals surface area contributed by atoms with Crippen LogP contribution in [0.2, 0.25) is 0 Å². The molecule has 0 aliphatic heterocycles. The fourth-order valence-electron chi connectivity index (χ4n) is 0.912. The zero-order chi connectivity index (χ0) is 11.4. The SMILES string of the molecule is COC(=O)C#Cc1ccc(C)c(F)c1F. The molecule has 0 fully saturated rings. The van der Waals surface area contributed by atoms with Crippen molar-refractivity contribution in [2.75, 3.05) is 7.11 Å². The summed E-state index contributed by atoms with van der Waals surface area (Å²) in [7, 11) is 1.16. The van der Waals surface area contributed by atoms with Gasteiger partial charge >= 0.3 is 5.97 Å². The minimum Gasteiger partial charge on any atom is -0.459 e. The summed E-state index contributed by atoms with van der Waals surface area (Å²) < 4.78 is 30.5. The van der Waals surface area contributed by atoms with Gasteiger partial charge in [0.2, 0.25) is 0 Å². The highest BCUT2D eigenvalue weighted by Crippen LogP contribution is 2.14. The number of aryl methyl sites for hydroxylation is 1. The molecule has 1 rings (SSSR count). The molecular weight excluding hydrogens is 202 g/mol. The number of carbonyl (C=O) groups is 1. The molecule has 0 radical (unpaired) electrons. The number of carbonyl (C=O) groups excluding carboxylic acids is 1. The topological polar surface area (TPSA) is 26.3 Å². The van der Waals surface area contributed by atoms with Gasteiger partial charge in [0, 0.05) is 5.92 Å². The second-order valence-electron chi connectivity index (χ2n) is 2.80. The van der Waals surface area contributed by atoms with Gasteiger partial charge in [-0.05, 0) is 18.6 Å². The Hall–Kier alpha value is -1.89. The van der Waals surface area contributed by atoms with Crippen LogP contribution in [0.1, 0.15) is 11.1 Å². The maximum absolute atomic E-state index is 13.2. The summed E-state index contributed by atoms with van der Waals surface area (Å²) in [6.45, 7) is 1.44. The maximum Gasteiger partial charge on any atom is 0.384 e. The van der Waals surface area contributed by atoms with Crippen LogP contribution >= 0.6 is 0 Å². The first-order chi connectivity index (χ1) is 7.06. The lowest BCUT2D eigenvalue weighted by molar-refractivity contribution is -0.133. The van der Waals surface area contributed by atoms with Gasteiger partial charge < -0.3 is 4.74 Å². The molecule has 0 bridgehead atoms. The van der Waals surface area contributed by atoms with E-state index < -0.39 is 17.6 Å². The average Bonchev–Trinajstić information content (AvgIpc) is 2.24. The molecule has 0 spiro atoms. The van der Waals surface area contributed by atoms with Crippen molar-refractivity contribution in [3.05, 3.63) is 34.9 Å². The summed E-state index contributed by atoms with van der Waals surface area (Å²) >= 11 is 0. The highest BCUT2D eigenvalue weighted by molar-refractivity contribution is 5.89. The first-order valence-corrected chi connectivity index (χ1v) is 4.11. The minimum absolute atomic E-state index is 0.163. The first kappa shape index (κ1) is 11.2. The summed E-state index contributed by atoms with van der Waals surface area (Å²) in [5.41, 5.74) is 0.0274. The summed E-state index contributed by atoms with van der Waals surface area (Å²) in [6, 6.07) is 2.70. The molecule has 1 aromatic carbocycles. The Kier molecular flexibility index (Phi) is 3.40. The lowest BCUT2D eigenvalue weighted by Crippen LogP contribution is -1.96. The number of benzene rings is 1. The summed E-state index contributed by atoms with van der Waals surface area (Å²) in [5, 5.41) is 0. The summed E-state index contributed by atoms with van der Waals surface area (Å²) in [6.07, 6.45) is 0. The van der Waals surface area contributed by atoms with Crippen molar-refractivity contribution < 1.29 is 18.3 Å². The monoisotopic (exact) mass is 210 g/mol. The van der Waals surface area contributed by atoms with Crippen LogP contribution in [-0.2, 0) is 9.53 Å². The number of halogens is 2. The third-order valence-electron chi connectivity index (χ3n) is 1.76. The van der Waals surface area contributed by atoms with Crippen LogP contribution in [0.4, 0.5) is 8.78 Å². The predicted octanol–water partition coefficient (Wildman–Crippen LogP) is 1.80. The predicted molar refractivity (Wildman–Crippen MR) is 50.0 cm³/mol. The number of rotatable bonds is 0. The zero-order valence-electron chi connectivity index (χ0n) is 8.23. The van der Waals surface area contributed by atoms with Crippen LogP contribution in [0.5, 0.6) is 0 Å². The van der Waals surface area contributed by atoms with Gasteiger partial charge in [-0.3, -0.25) is 0 Å². The van der Waals surface area contributed by atoms with E-state index >= 15 is 0 Å². The molecule has 0 aliphatic carbocycles. The molecule has 0 aliphatic rings. The fraction of sp³-hybridized carbons (Fsp3) is 0.182. The molecule has 15 heavy (non-hydrogen) atoms. The molecule has 2 nitrogen and oxygen atoms in total. The number of hydrogen-bond acceptors (Lipinski definition) is 2. The van der Waals surface area contributed by atoms with Crippen LogP contribution in [0.25, 0.3) is 0 Å². The maximum atomic E-state index is 13.2. The van der Waals surface area contributed by atoms with E-state index in [0.29, 0.717) is 0 Å². The third-order valence-corrected chi connectivity index (χ3v) is 1.76. The molecule has 1 aromatic rings. The molecule has 78 valence electrons.